The van der Waals surface area contributed by atoms with Crippen LogP contribution in [-0.4, -0.2) is 84.2 Å². The topological polar surface area (TPSA) is 189 Å². The molecular formula is C30H53N5O7. The van der Waals surface area contributed by atoms with Crippen LogP contribution >= 0.6 is 0 Å². The summed E-state index contributed by atoms with van der Waals surface area (Å²) in [4.78, 5) is 22.7. The molecule has 1 aliphatic rings. The molecule has 12 heteroatoms. The zero-order valence-corrected chi connectivity index (χ0v) is 25.3. The summed E-state index contributed by atoms with van der Waals surface area (Å²) in [6.07, 6.45) is 14.6. The molecule has 1 aliphatic heterocycles. The highest BCUT2D eigenvalue weighted by Crippen LogP contribution is 2.37. The minimum absolute atomic E-state index is 0.0601. The number of aliphatic hydroxyl groups excluding tert-OH is 3. The van der Waals surface area contributed by atoms with Crippen molar-refractivity contribution in [3.05, 3.63) is 16.7 Å². The zero-order chi connectivity index (χ0) is 30.4. The Hall–Kier alpha value is -2.09. The fraction of sp³-hybridized carbons (Fsp3) is 0.833. The summed E-state index contributed by atoms with van der Waals surface area (Å²) in [5.74, 6) is -0.189. The number of fused-ring (bicyclic) bond motifs is 1. The summed E-state index contributed by atoms with van der Waals surface area (Å²) in [6.45, 7) is 2.78. The van der Waals surface area contributed by atoms with Gasteiger partial charge in [-0.15, -0.1) is 0 Å². The molecule has 1 unspecified atom stereocenters. The van der Waals surface area contributed by atoms with Gasteiger partial charge in [0.15, 0.2) is 16.9 Å². The van der Waals surface area contributed by atoms with E-state index in [9.17, 15) is 25.2 Å². The second kappa shape index (κ2) is 17.9. The molecule has 0 amide bonds. The Morgan fingerprint density at radius 3 is 2.14 bits per heavy atom. The smallest absolute Gasteiger partial charge is 0.280 e. The highest BCUT2D eigenvalue weighted by molar-refractivity contribution is 5.70. The van der Waals surface area contributed by atoms with Crippen LogP contribution in [0.4, 0.5) is 5.95 Å². The molecule has 42 heavy (non-hydrogen) atoms. The number of H-pyrrole nitrogens is 1. The first-order valence-corrected chi connectivity index (χ1v) is 16.0. The molecule has 0 radical (unpaired) electrons. The van der Waals surface area contributed by atoms with Crippen molar-refractivity contribution in [1.82, 2.24) is 19.5 Å². The Balaban J connectivity index is 1.37. The van der Waals surface area contributed by atoms with Gasteiger partial charge in [-0.3, -0.25) is 14.3 Å². The second-order valence-corrected chi connectivity index (χ2v) is 11.7. The van der Waals surface area contributed by atoms with Crippen LogP contribution in [-0.2, 0) is 15.2 Å². The van der Waals surface area contributed by atoms with E-state index in [0.29, 0.717) is 19.6 Å². The average Bonchev–Trinajstić information content (AvgIpc) is 3.41. The molecule has 3 heterocycles. The predicted molar refractivity (Wildman–Crippen MR) is 161 cm³/mol. The van der Waals surface area contributed by atoms with Crippen molar-refractivity contribution in [2.75, 3.05) is 25.6 Å². The fourth-order valence-electron chi connectivity index (χ4n) is 5.83. The number of aromatic nitrogens is 4. The van der Waals surface area contributed by atoms with Crippen LogP contribution in [0.2, 0.25) is 0 Å². The quantitative estimate of drug-likeness (QED) is 0.117. The number of imidazole rings is 1. The Labute approximate surface area is 248 Å². The number of unbranched alkanes of at least 4 members (excludes halogenated alkanes) is 13. The second-order valence-electron chi connectivity index (χ2n) is 11.7. The molecule has 240 valence electrons. The third kappa shape index (κ3) is 9.20. The fourth-order valence-corrected chi connectivity index (χ4v) is 5.83. The SMILES string of the molecule is CCCCCCCCCCCCCCCCOCCCC1O[C@H](CO)[C@H](O)[C@H](O)[C@]1(O)n1cnc2c(=O)[nH]c(N)nc21. The zero-order valence-electron chi connectivity index (χ0n) is 25.3. The Bertz CT molecular complexity index is 1100. The van der Waals surface area contributed by atoms with E-state index in [1.165, 1.54) is 77.0 Å². The third-order valence-corrected chi connectivity index (χ3v) is 8.34. The summed E-state index contributed by atoms with van der Waals surface area (Å²) in [5.41, 5.74) is 2.73. The third-order valence-electron chi connectivity index (χ3n) is 8.34. The first-order valence-electron chi connectivity index (χ1n) is 16.0. The van der Waals surface area contributed by atoms with Crippen molar-refractivity contribution in [1.29, 1.82) is 0 Å². The van der Waals surface area contributed by atoms with Gasteiger partial charge in [-0.2, -0.15) is 4.98 Å². The number of hydrogen-bond donors (Lipinski definition) is 6. The molecule has 0 saturated carbocycles. The molecule has 0 aromatic carbocycles. The Morgan fingerprint density at radius 1 is 0.976 bits per heavy atom. The lowest BCUT2D eigenvalue weighted by Crippen LogP contribution is -2.67. The summed E-state index contributed by atoms with van der Waals surface area (Å²) in [7, 11) is 0. The summed E-state index contributed by atoms with van der Waals surface area (Å²) >= 11 is 0. The van der Waals surface area contributed by atoms with E-state index in [1.54, 1.807) is 0 Å². The minimum Gasteiger partial charge on any atom is -0.394 e. The standard InChI is InChI=1S/C30H53N5O7/c1-2-3-4-5-6-7-8-9-10-11-12-13-14-15-18-41-19-16-17-23-30(40,26(38)25(37)22(20-36)42-23)35-21-32-24-27(35)33-29(31)34-28(24)39/h21-23,25-26,36-38,40H,2-20H2,1H3,(H3,31,33,34,39)/t22-,23?,25+,26+,30+/m1/s1. The first-order chi connectivity index (χ1) is 20.3. The molecule has 12 nitrogen and oxygen atoms in total. The van der Waals surface area contributed by atoms with Crippen molar-refractivity contribution in [3.63, 3.8) is 0 Å². The molecule has 1 fully saturated rings. The lowest BCUT2D eigenvalue weighted by Gasteiger charge is -2.48. The van der Waals surface area contributed by atoms with Crippen LogP contribution in [0.15, 0.2) is 11.1 Å². The van der Waals surface area contributed by atoms with Gasteiger partial charge in [0.25, 0.3) is 5.56 Å². The molecule has 5 atom stereocenters. The maximum Gasteiger partial charge on any atom is 0.280 e. The highest BCUT2D eigenvalue weighted by Gasteiger charge is 2.56. The monoisotopic (exact) mass is 595 g/mol. The number of anilines is 1. The molecule has 0 spiro atoms. The van der Waals surface area contributed by atoms with Crippen molar-refractivity contribution in [2.45, 2.75) is 140 Å². The molecule has 0 bridgehead atoms. The maximum absolute atomic E-state index is 12.3. The van der Waals surface area contributed by atoms with E-state index in [4.69, 9.17) is 15.2 Å². The van der Waals surface area contributed by atoms with Crippen LogP contribution in [0, 0.1) is 0 Å². The van der Waals surface area contributed by atoms with Gasteiger partial charge in [-0.25, -0.2) is 4.98 Å². The number of nitrogens with zero attached hydrogens (tertiary/aromatic N) is 3. The number of rotatable bonds is 21. The van der Waals surface area contributed by atoms with Gasteiger partial charge >= 0.3 is 0 Å². The normalized spacial score (nSPS) is 24.5. The van der Waals surface area contributed by atoms with Gasteiger partial charge in [0.05, 0.1) is 12.9 Å². The van der Waals surface area contributed by atoms with Crippen molar-refractivity contribution in [3.8, 4) is 0 Å². The lowest BCUT2D eigenvalue weighted by atomic mass is 9.86. The minimum atomic E-state index is -2.22. The first kappa shape index (κ1) is 34.4. The van der Waals surface area contributed by atoms with Crippen LogP contribution in [0.3, 0.4) is 0 Å². The van der Waals surface area contributed by atoms with E-state index in [1.807, 2.05) is 0 Å². The summed E-state index contributed by atoms with van der Waals surface area (Å²) in [5, 5.41) is 42.9. The van der Waals surface area contributed by atoms with Crippen LogP contribution in [0.5, 0.6) is 0 Å². The van der Waals surface area contributed by atoms with E-state index in [0.717, 1.165) is 23.7 Å². The van der Waals surface area contributed by atoms with Crippen molar-refractivity contribution >= 4 is 17.1 Å². The number of nitrogens with two attached hydrogens (primary N) is 1. The molecule has 2 aromatic heterocycles. The van der Waals surface area contributed by atoms with Gasteiger partial charge in [0, 0.05) is 13.2 Å². The van der Waals surface area contributed by atoms with Gasteiger partial charge < -0.3 is 35.6 Å². The van der Waals surface area contributed by atoms with Crippen LogP contribution < -0.4 is 11.3 Å². The van der Waals surface area contributed by atoms with Gasteiger partial charge in [0.1, 0.15) is 24.4 Å². The highest BCUT2D eigenvalue weighted by atomic mass is 16.6. The summed E-state index contributed by atoms with van der Waals surface area (Å²) in [6, 6.07) is 0. The molecule has 0 aliphatic carbocycles. The average molecular weight is 596 g/mol. The number of ether oxygens (including phenoxy) is 2. The Morgan fingerprint density at radius 2 is 1.55 bits per heavy atom. The number of nitrogens with one attached hydrogen (secondary N) is 1. The molecular weight excluding hydrogens is 542 g/mol. The van der Waals surface area contributed by atoms with Crippen molar-refractivity contribution in [2.24, 2.45) is 0 Å². The van der Waals surface area contributed by atoms with E-state index in [-0.39, 0.29) is 23.5 Å². The maximum atomic E-state index is 12.3. The number of hydrogen-bond acceptors (Lipinski definition) is 10. The predicted octanol–water partition coefficient (Wildman–Crippen LogP) is 3.11. The van der Waals surface area contributed by atoms with Gasteiger partial charge in [-0.1, -0.05) is 90.4 Å². The molecule has 2 aromatic rings. The van der Waals surface area contributed by atoms with E-state index in [2.05, 4.69) is 21.9 Å². The van der Waals surface area contributed by atoms with Crippen LogP contribution in [0.25, 0.3) is 11.2 Å². The van der Waals surface area contributed by atoms with Gasteiger partial charge in [-0.05, 0) is 19.3 Å². The lowest BCUT2D eigenvalue weighted by molar-refractivity contribution is -0.308. The number of aliphatic hydroxyl groups is 4. The molecule has 7 N–H and O–H groups in total. The number of nitrogen functional groups attached to an aromatic ring is 1. The largest absolute Gasteiger partial charge is 0.394 e. The molecule has 3 rings (SSSR count). The number of aromatic amines is 1. The Kier molecular flexibility index (Phi) is 14.7. The van der Waals surface area contributed by atoms with Crippen molar-refractivity contribution < 1.29 is 29.9 Å². The van der Waals surface area contributed by atoms with Gasteiger partial charge in [0.2, 0.25) is 5.95 Å². The van der Waals surface area contributed by atoms with Crippen LogP contribution in [0.1, 0.15) is 110 Å². The van der Waals surface area contributed by atoms with E-state index < -0.39 is 42.3 Å². The summed E-state index contributed by atoms with van der Waals surface area (Å²) < 4.78 is 12.7. The van der Waals surface area contributed by atoms with E-state index >= 15 is 0 Å². The molecule has 1 saturated heterocycles.